The Bertz CT molecular complexity index is 1400. The minimum absolute atomic E-state index is 0.120. The molecule has 0 spiro atoms. The molecule has 5 rings (SSSR count). The molecular weight excluding hydrogens is 440 g/mol. The number of allylic oxidation sites excluding steroid dienone is 2. The number of phenolic OH excluding ortho intramolecular Hbond substituents is 1. The van der Waals surface area contributed by atoms with E-state index in [4.69, 9.17) is 16.3 Å². The Balaban J connectivity index is 1.67. The molecule has 2 aliphatic heterocycles. The molecule has 33 heavy (non-hydrogen) atoms. The summed E-state index contributed by atoms with van der Waals surface area (Å²) in [5, 5.41) is 11.9. The summed E-state index contributed by atoms with van der Waals surface area (Å²) >= 11 is 6.21. The predicted octanol–water partition coefficient (Wildman–Crippen LogP) is 4.79. The molecule has 1 unspecified atom stereocenters. The van der Waals surface area contributed by atoms with E-state index in [-0.39, 0.29) is 17.1 Å². The van der Waals surface area contributed by atoms with Gasteiger partial charge in [-0.05, 0) is 61.2 Å². The number of phenols is 1. The summed E-state index contributed by atoms with van der Waals surface area (Å²) in [6, 6.07) is 10.9. The van der Waals surface area contributed by atoms with Crippen molar-refractivity contribution >= 4 is 34.3 Å². The number of carbonyl (C=O) groups is 2. The van der Waals surface area contributed by atoms with Crippen LogP contribution in [0.15, 0.2) is 59.8 Å². The number of aromatic amines is 1. The highest BCUT2D eigenvalue weighted by atomic mass is 35.5. The van der Waals surface area contributed by atoms with Crippen molar-refractivity contribution in [2.45, 2.75) is 25.8 Å². The second-order valence-electron chi connectivity index (χ2n) is 8.53. The average Bonchev–Trinajstić information content (AvgIpc) is 3.19. The number of carbonyl (C=O) groups excluding carboxylic acids is 2. The summed E-state index contributed by atoms with van der Waals surface area (Å²) in [7, 11) is 1.37. The molecule has 0 radical (unpaired) electrons. The van der Waals surface area contributed by atoms with Crippen molar-refractivity contribution < 1.29 is 19.4 Å². The van der Waals surface area contributed by atoms with Crippen LogP contribution in [0.3, 0.4) is 0 Å². The molecule has 168 valence electrons. The van der Waals surface area contributed by atoms with Crippen LogP contribution in [0.1, 0.15) is 34.1 Å². The number of H-pyrrole nitrogens is 1. The number of aryl methyl sites for hydroxylation is 1. The molecule has 2 aromatic carbocycles. The minimum atomic E-state index is -1.20. The van der Waals surface area contributed by atoms with Crippen LogP contribution in [-0.4, -0.2) is 40.4 Å². The number of esters is 1. The first kappa shape index (κ1) is 21.3. The average molecular weight is 463 g/mol. The van der Waals surface area contributed by atoms with Gasteiger partial charge in [0.25, 0.3) is 0 Å². The summed E-state index contributed by atoms with van der Waals surface area (Å²) in [6.45, 7) is 4.11. The van der Waals surface area contributed by atoms with Crippen LogP contribution in [0.5, 0.6) is 5.75 Å². The predicted molar refractivity (Wildman–Crippen MR) is 126 cm³/mol. The van der Waals surface area contributed by atoms with Gasteiger partial charge in [0, 0.05) is 34.2 Å². The van der Waals surface area contributed by atoms with E-state index in [0.717, 1.165) is 22.2 Å². The fourth-order valence-electron chi connectivity index (χ4n) is 5.10. The van der Waals surface area contributed by atoms with Gasteiger partial charge >= 0.3 is 5.97 Å². The smallest absolute Gasteiger partial charge is 0.342 e. The zero-order chi connectivity index (χ0) is 23.5. The normalized spacial score (nSPS) is 19.5. The Hall–Kier alpha value is -3.51. The third kappa shape index (κ3) is 2.94. The fourth-order valence-corrected chi connectivity index (χ4v) is 5.26. The number of halogens is 1. The van der Waals surface area contributed by atoms with E-state index < -0.39 is 11.5 Å². The maximum absolute atomic E-state index is 13.4. The van der Waals surface area contributed by atoms with Gasteiger partial charge in [-0.1, -0.05) is 29.8 Å². The Morgan fingerprint density at radius 1 is 1.21 bits per heavy atom. The Morgan fingerprint density at radius 3 is 2.73 bits per heavy atom. The van der Waals surface area contributed by atoms with E-state index >= 15 is 0 Å². The highest BCUT2D eigenvalue weighted by Gasteiger charge is 2.54. The van der Waals surface area contributed by atoms with Gasteiger partial charge < -0.3 is 19.7 Å². The second kappa shape index (κ2) is 7.52. The molecule has 7 heteroatoms. The summed E-state index contributed by atoms with van der Waals surface area (Å²) in [5.41, 5.74) is 3.42. The van der Waals surface area contributed by atoms with E-state index in [1.54, 1.807) is 19.2 Å². The first-order valence-corrected chi connectivity index (χ1v) is 11.1. The van der Waals surface area contributed by atoms with Crippen molar-refractivity contribution in [3.8, 4) is 5.75 Å². The molecule has 2 aliphatic rings. The highest BCUT2D eigenvalue weighted by molar-refractivity contribution is 6.32. The Kier molecular flexibility index (Phi) is 4.87. The van der Waals surface area contributed by atoms with Gasteiger partial charge in [-0.25, -0.2) is 4.79 Å². The van der Waals surface area contributed by atoms with Gasteiger partial charge in [-0.2, -0.15) is 0 Å². The lowest BCUT2D eigenvalue weighted by Gasteiger charge is -2.47. The van der Waals surface area contributed by atoms with Gasteiger partial charge in [-0.3, -0.25) is 4.79 Å². The number of aromatic hydroxyl groups is 1. The molecular formula is C26H23ClN2O4. The molecule has 0 saturated heterocycles. The number of nitrogens with zero attached hydrogens (tertiary/aromatic N) is 1. The maximum Gasteiger partial charge on any atom is 0.342 e. The summed E-state index contributed by atoms with van der Waals surface area (Å²) in [4.78, 5) is 32.0. The van der Waals surface area contributed by atoms with Crippen molar-refractivity contribution in [2.24, 2.45) is 0 Å². The summed E-state index contributed by atoms with van der Waals surface area (Å²) in [6.07, 6.45) is 4.09. The van der Waals surface area contributed by atoms with Crippen molar-refractivity contribution in [1.29, 1.82) is 0 Å². The number of fused-ring (bicyclic) bond motifs is 5. The lowest BCUT2D eigenvalue weighted by molar-refractivity contribution is -0.152. The molecule has 6 nitrogen and oxygen atoms in total. The van der Waals surface area contributed by atoms with E-state index in [9.17, 15) is 14.7 Å². The Morgan fingerprint density at radius 2 is 1.97 bits per heavy atom. The van der Waals surface area contributed by atoms with Crippen LogP contribution in [0, 0.1) is 6.92 Å². The van der Waals surface area contributed by atoms with Gasteiger partial charge in [0.15, 0.2) is 5.78 Å². The van der Waals surface area contributed by atoms with Gasteiger partial charge in [0.1, 0.15) is 5.75 Å². The molecule has 0 bridgehead atoms. The minimum Gasteiger partial charge on any atom is -0.507 e. The number of ether oxygens (including phenoxy) is 1. The number of methoxy groups -OCH3 is 1. The largest absolute Gasteiger partial charge is 0.507 e. The highest BCUT2D eigenvalue weighted by Crippen LogP contribution is 2.47. The second-order valence-corrected chi connectivity index (χ2v) is 8.94. The lowest BCUT2D eigenvalue weighted by Crippen LogP contribution is -2.56. The maximum atomic E-state index is 13.4. The quantitative estimate of drug-likeness (QED) is 0.432. The summed E-state index contributed by atoms with van der Waals surface area (Å²) < 4.78 is 5.29. The van der Waals surface area contributed by atoms with Crippen LogP contribution in [0.25, 0.3) is 10.9 Å². The zero-order valence-electron chi connectivity index (χ0n) is 18.5. The summed E-state index contributed by atoms with van der Waals surface area (Å²) in [5.74, 6) is -0.919. The van der Waals surface area contributed by atoms with E-state index in [1.165, 1.54) is 19.2 Å². The molecule has 1 atom stereocenters. The Labute approximate surface area is 196 Å². The standard InChI is InChI=1S/C26H23ClN2O4/c1-14-10-22(30)19(12-20(14)27)23(31)16-11-15(2)26(25(32)33-3)24-18(8-9-29(26)13-16)17-6-4-5-7-21(17)28-24/h4-7,10-13,28,30H,8-9H2,1-3H3. The number of hydrogen-bond donors (Lipinski definition) is 2. The number of ketones is 1. The molecule has 2 N–H and O–H groups in total. The molecule has 0 fully saturated rings. The van der Waals surface area contributed by atoms with Crippen LogP contribution in [0.2, 0.25) is 5.02 Å². The van der Waals surface area contributed by atoms with Gasteiger partial charge in [0.2, 0.25) is 5.54 Å². The molecule has 3 aromatic rings. The fraction of sp³-hybridized carbons (Fsp3) is 0.231. The van der Waals surface area contributed by atoms with Crippen molar-refractivity contribution in [2.75, 3.05) is 13.7 Å². The van der Waals surface area contributed by atoms with Crippen LogP contribution >= 0.6 is 11.6 Å². The molecule has 1 aromatic heterocycles. The molecule has 0 amide bonds. The van der Waals surface area contributed by atoms with E-state index in [0.29, 0.717) is 34.7 Å². The third-order valence-electron chi connectivity index (χ3n) is 6.71. The first-order chi connectivity index (χ1) is 15.8. The third-order valence-corrected chi connectivity index (χ3v) is 7.12. The number of aromatic nitrogens is 1. The number of benzene rings is 2. The number of nitrogens with one attached hydrogen (secondary N) is 1. The zero-order valence-corrected chi connectivity index (χ0v) is 19.3. The lowest BCUT2D eigenvalue weighted by atomic mass is 9.76. The van der Waals surface area contributed by atoms with Crippen molar-refractivity contribution in [1.82, 2.24) is 9.88 Å². The SMILES string of the molecule is COC(=O)C12C(C)=CC(C(=O)c3cc(Cl)c(C)cc3O)=CN1CCc1c2[nH]c2ccccc12. The number of rotatable bonds is 3. The monoisotopic (exact) mass is 462 g/mol. The van der Waals surface area contributed by atoms with Crippen molar-refractivity contribution in [3.63, 3.8) is 0 Å². The number of para-hydroxylation sites is 1. The van der Waals surface area contributed by atoms with Crippen LogP contribution < -0.4 is 0 Å². The van der Waals surface area contributed by atoms with Gasteiger partial charge in [0.05, 0.1) is 18.4 Å². The van der Waals surface area contributed by atoms with E-state index in [2.05, 4.69) is 4.98 Å². The van der Waals surface area contributed by atoms with Crippen molar-refractivity contribution in [3.05, 3.63) is 87.2 Å². The number of Topliss-reactive ketones (excluding diaryl/α,β-unsaturated/α-hetero) is 1. The first-order valence-electron chi connectivity index (χ1n) is 10.7. The molecule has 0 saturated carbocycles. The molecule has 0 aliphatic carbocycles. The number of hydrogen-bond acceptors (Lipinski definition) is 5. The van der Waals surface area contributed by atoms with Gasteiger partial charge in [-0.15, -0.1) is 0 Å². The van der Waals surface area contributed by atoms with Crippen LogP contribution in [0.4, 0.5) is 0 Å². The van der Waals surface area contributed by atoms with E-state index in [1.807, 2.05) is 36.1 Å². The van der Waals surface area contributed by atoms with Crippen LogP contribution in [-0.2, 0) is 21.5 Å². The molecule has 3 heterocycles. The topological polar surface area (TPSA) is 82.6 Å².